The smallest absolute Gasteiger partial charge is 0.287 e. The normalized spacial score (nSPS) is 10.4. The first-order valence-corrected chi connectivity index (χ1v) is 7.24. The number of nitro groups is 1. The van der Waals surface area contributed by atoms with E-state index >= 15 is 0 Å². The first kappa shape index (κ1) is 15.8. The maximum Gasteiger partial charge on any atom is 0.287 e. The summed E-state index contributed by atoms with van der Waals surface area (Å²) >= 11 is 9.34. The molecule has 7 heteroatoms. The van der Waals surface area contributed by atoms with E-state index in [9.17, 15) is 10.1 Å². The van der Waals surface area contributed by atoms with Gasteiger partial charge in [0, 0.05) is 17.6 Å². The molecule has 0 aromatic heterocycles. The molecule has 1 N–H and O–H groups in total. The lowest BCUT2D eigenvalue weighted by Crippen LogP contribution is -2.05. The quantitative estimate of drug-likeness (QED) is 0.620. The van der Waals surface area contributed by atoms with E-state index in [4.69, 9.17) is 16.3 Å². The number of nitrogens with one attached hydrogen (secondary N) is 1. The lowest BCUT2D eigenvalue weighted by atomic mass is 10.2. The van der Waals surface area contributed by atoms with Crippen molar-refractivity contribution < 1.29 is 9.66 Å². The van der Waals surface area contributed by atoms with Crippen LogP contribution in [-0.4, -0.2) is 12.0 Å². The molecule has 0 saturated carbocycles. The summed E-state index contributed by atoms with van der Waals surface area (Å²) in [5.74, 6) is 0.877. The van der Waals surface area contributed by atoms with E-state index < -0.39 is 4.92 Å². The van der Waals surface area contributed by atoms with Crippen LogP contribution in [0.4, 0.5) is 5.69 Å². The van der Waals surface area contributed by atoms with Crippen LogP contribution in [0.15, 0.2) is 40.9 Å². The summed E-state index contributed by atoms with van der Waals surface area (Å²) in [6, 6.07) is 9.91. The van der Waals surface area contributed by atoms with Gasteiger partial charge in [-0.15, -0.1) is 0 Å². The standard InChI is InChI=1S/C14H12BrClN2O3/c1-17-8-9-5-6-10(7-11(9)16)21-13-4-2-3-12(14(13)15)18(19)20/h2-7,17H,8H2,1H3. The molecule has 0 radical (unpaired) electrons. The Kier molecular flexibility index (Phi) is 5.17. The molecule has 0 amide bonds. The minimum atomic E-state index is -0.472. The van der Waals surface area contributed by atoms with E-state index in [-0.39, 0.29) is 5.69 Å². The molecule has 0 unspecified atom stereocenters. The van der Waals surface area contributed by atoms with Crippen LogP contribution >= 0.6 is 27.5 Å². The van der Waals surface area contributed by atoms with Gasteiger partial charge in [0.15, 0.2) is 0 Å². The SMILES string of the molecule is CNCc1ccc(Oc2cccc([N+](=O)[O-])c2Br)cc1Cl. The molecule has 0 atom stereocenters. The molecule has 21 heavy (non-hydrogen) atoms. The topological polar surface area (TPSA) is 64.4 Å². The zero-order chi connectivity index (χ0) is 15.4. The van der Waals surface area contributed by atoms with Gasteiger partial charge in [0.25, 0.3) is 5.69 Å². The summed E-state index contributed by atoms with van der Waals surface area (Å²) < 4.78 is 5.95. The van der Waals surface area contributed by atoms with Crippen molar-refractivity contribution in [2.45, 2.75) is 6.54 Å². The molecule has 2 aromatic carbocycles. The Morgan fingerprint density at radius 1 is 1.38 bits per heavy atom. The van der Waals surface area contributed by atoms with Crippen molar-refractivity contribution in [2.75, 3.05) is 7.05 Å². The highest BCUT2D eigenvalue weighted by molar-refractivity contribution is 9.10. The number of halogens is 2. The zero-order valence-corrected chi connectivity index (χ0v) is 13.4. The highest BCUT2D eigenvalue weighted by atomic mass is 79.9. The van der Waals surface area contributed by atoms with Gasteiger partial charge in [-0.1, -0.05) is 23.7 Å². The van der Waals surface area contributed by atoms with Crippen molar-refractivity contribution in [1.82, 2.24) is 5.32 Å². The molecule has 0 spiro atoms. The molecular weight excluding hydrogens is 360 g/mol. The Morgan fingerprint density at radius 2 is 2.14 bits per heavy atom. The molecular formula is C14H12BrClN2O3. The molecule has 110 valence electrons. The van der Waals surface area contributed by atoms with Crippen LogP contribution in [0.2, 0.25) is 5.02 Å². The van der Waals surface area contributed by atoms with Crippen LogP contribution in [0.1, 0.15) is 5.56 Å². The number of rotatable bonds is 5. The van der Waals surface area contributed by atoms with Crippen molar-refractivity contribution >= 4 is 33.2 Å². The summed E-state index contributed by atoms with van der Waals surface area (Å²) in [7, 11) is 1.83. The third-order valence-corrected chi connectivity index (χ3v) is 3.91. The second-order valence-corrected chi connectivity index (χ2v) is 5.43. The minimum Gasteiger partial charge on any atom is -0.456 e. The zero-order valence-electron chi connectivity index (χ0n) is 11.1. The van der Waals surface area contributed by atoms with E-state index in [1.165, 1.54) is 6.07 Å². The fourth-order valence-electron chi connectivity index (χ4n) is 1.77. The molecule has 0 fully saturated rings. The van der Waals surface area contributed by atoms with Gasteiger partial charge < -0.3 is 10.1 Å². The van der Waals surface area contributed by atoms with Crippen LogP contribution in [-0.2, 0) is 6.54 Å². The van der Waals surface area contributed by atoms with Gasteiger partial charge in [-0.3, -0.25) is 10.1 Å². The van der Waals surface area contributed by atoms with Gasteiger partial charge in [0.05, 0.1) is 4.92 Å². The highest BCUT2D eigenvalue weighted by Gasteiger charge is 2.16. The average molecular weight is 372 g/mol. The maximum atomic E-state index is 10.9. The number of hydrogen-bond donors (Lipinski definition) is 1. The number of ether oxygens (including phenoxy) is 1. The fourth-order valence-corrected chi connectivity index (χ4v) is 2.50. The van der Waals surface area contributed by atoms with E-state index in [0.29, 0.717) is 27.5 Å². The molecule has 0 heterocycles. The predicted octanol–water partition coefficient (Wildman–Crippen LogP) is 4.52. The van der Waals surface area contributed by atoms with Crippen LogP contribution in [0.25, 0.3) is 0 Å². The van der Waals surface area contributed by atoms with Crippen molar-refractivity contribution in [2.24, 2.45) is 0 Å². The van der Waals surface area contributed by atoms with Crippen LogP contribution in [0, 0.1) is 10.1 Å². The molecule has 0 aliphatic heterocycles. The van der Waals surface area contributed by atoms with Crippen LogP contribution in [0.5, 0.6) is 11.5 Å². The third-order valence-electron chi connectivity index (χ3n) is 2.76. The van der Waals surface area contributed by atoms with Crippen molar-refractivity contribution in [1.29, 1.82) is 0 Å². The highest BCUT2D eigenvalue weighted by Crippen LogP contribution is 2.37. The maximum absolute atomic E-state index is 10.9. The van der Waals surface area contributed by atoms with Crippen LogP contribution < -0.4 is 10.1 Å². The van der Waals surface area contributed by atoms with Crippen LogP contribution in [0.3, 0.4) is 0 Å². The Labute approximate surface area is 135 Å². The molecule has 2 rings (SSSR count). The molecule has 2 aromatic rings. The van der Waals surface area contributed by atoms with Crippen molar-refractivity contribution in [3.63, 3.8) is 0 Å². The van der Waals surface area contributed by atoms with Gasteiger partial charge in [0.1, 0.15) is 16.0 Å². The van der Waals surface area contributed by atoms with E-state index in [1.54, 1.807) is 24.3 Å². The molecule has 0 saturated heterocycles. The summed E-state index contributed by atoms with van der Waals surface area (Å²) in [6.07, 6.45) is 0. The first-order valence-electron chi connectivity index (χ1n) is 6.06. The van der Waals surface area contributed by atoms with Gasteiger partial charge in [0.2, 0.25) is 0 Å². The number of benzene rings is 2. The average Bonchev–Trinajstić information content (AvgIpc) is 2.44. The largest absolute Gasteiger partial charge is 0.456 e. The Morgan fingerprint density at radius 3 is 2.76 bits per heavy atom. The monoisotopic (exact) mass is 370 g/mol. The molecule has 0 aliphatic carbocycles. The number of hydrogen-bond acceptors (Lipinski definition) is 4. The van der Waals surface area contributed by atoms with Gasteiger partial charge in [-0.25, -0.2) is 0 Å². The van der Waals surface area contributed by atoms with Gasteiger partial charge in [-0.05, 0) is 46.7 Å². The van der Waals surface area contributed by atoms with Gasteiger partial charge >= 0.3 is 0 Å². The van der Waals surface area contributed by atoms with Crippen molar-refractivity contribution in [3.8, 4) is 11.5 Å². The summed E-state index contributed by atoms with van der Waals surface area (Å²) in [5, 5.41) is 14.5. The number of nitrogens with zero attached hydrogens (tertiary/aromatic N) is 1. The Balaban J connectivity index is 2.28. The second-order valence-electron chi connectivity index (χ2n) is 4.23. The van der Waals surface area contributed by atoms with Crippen molar-refractivity contribution in [3.05, 3.63) is 61.6 Å². The fraction of sp³-hybridized carbons (Fsp3) is 0.143. The Bertz CT molecular complexity index is 679. The van der Waals surface area contributed by atoms with E-state index in [1.807, 2.05) is 13.1 Å². The lowest BCUT2D eigenvalue weighted by molar-refractivity contribution is -0.385. The first-order chi connectivity index (χ1) is 10.0. The second kappa shape index (κ2) is 6.89. The molecule has 0 bridgehead atoms. The number of nitro benzene ring substituents is 1. The Hall–Kier alpha value is -1.63. The minimum absolute atomic E-state index is 0.0506. The summed E-state index contributed by atoms with van der Waals surface area (Å²) in [5.41, 5.74) is 0.898. The molecule has 5 nitrogen and oxygen atoms in total. The summed E-state index contributed by atoms with van der Waals surface area (Å²) in [4.78, 5) is 10.4. The van der Waals surface area contributed by atoms with Gasteiger partial charge in [-0.2, -0.15) is 0 Å². The van der Waals surface area contributed by atoms with E-state index in [2.05, 4.69) is 21.2 Å². The van der Waals surface area contributed by atoms with E-state index in [0.717, 1.165) is 5.56 Å². The predicted molar refractivity (Wildman–Crippen MR) is 85.1 cm³/mol. The molecule has 0 aliphatic rings. The lowest BCUT2D eigenvalue weighted by Gasteiger charge is -2.10. The summed E-state index contributed by atoms with van der Waals surface area (Å²) in [6.45, 7) is 0.652. The third kappa shape index (κ3) is 3.72.